The number of hydrogen-bond acceptors (Lipinski definition) is 3. The van der Waals surface area contributed by atoms with Gasteiger partial charge in [0.1, 0.15) is 11.9 Å². The molecule has 2 aliphatic heterocycles. The van der Waals surface area contributed by atoms with Crippen LogP contribution in [0.3, 0.4) is 0 Å². The zero-order valence-corrected chi connectivity index (χ0v) is 12.3. The van der Waals surface area contributed by atoms with Gasteiger partial charge in [0.15, 0.2) is 0 Å². The summed E-state index contributed by atoms with van der Waals surface area (Å²) in [6, 6.07) is 12.7. The number of nitrogens with two attached hydrogens (primary N) is 1. The highest BCUT2D eigenvalue weighted by Crippen LogP contribution is 2.33. The van der Waals surface area contributed by atoms with Crippen LogP contribution in [-0.2, 0) is 12.8 Å². The quantitative estimate of drug-likeness (QED) is 0.860. The van der Waals surface area contributed by atoms with Crippen molar-refractivity contribution in [2.24, 2.45) is 0 Å². The maximum absolute atomic E-state index is 6.10. The Hall–Kier alpha value is -2.16. The molecule has 0 bridgehead atoms. The second kappa shape index (κ2) is 4.69. The normalized spacial score (nSPS) is 19.3. The summed E-state index contributed by atoms with van der Waals surface area (Å²) in [6.07, 6.45) is 2.36. The summed E-state index contributed by atoms with van der Waals surface area (Å²) in [5.41, 5.74) is 12.1. The Morgan fingerprint density at radius 2 is 2.10 bits per heavy atom. The van der Waals surface area contributed by atoms with Gasteiger partial charge in [-0.3, -0.25) is 0 Å². The molecule has 0 aromatic heterocycles. The first-order valence-corrected chi connectivity index (χ1v) is 7.58. The van der Waals surface area contributed by atoms with Crippen molar-refractivity contribution >= 4 is 11.4 Å². The van der Waals surface area contributed by atoms with E-state index < -0.39 is 0 Å². The first-order valence-electron chi connectivity index (χ1n) is 7.58. The van der Waals surface area contributed by atoms with Crippen LogP contribution in [0.1, 0.15) is 16.7 Å². The molecule has 0 spiro atoms. The van der Waals surface area contributed by atoms with E-state index >= 15 is 0 Å². The molecule has 2 aromatic carbocycles. The molecule has 2 heterocycles. The Kier molecular flexibility index (Phi) is 2.81. The van der Waals surface area contributed by atoms with E-state index in [1.807, 2.05) is 6.07 Å². The zero-order chi connectivity index (χ0) is 14.4. The van der Waals surface area contributed by atoms with Crippen LogP contribution in [0, 0.1) is 6.92 Å². The van der Waals surface area contributed by atoms with E-state index in [1.54, 1.807) is 0 Å². The molecule has 0 saturated heterocycles. The summed E-state index contributed by atoms with van der Waals surface area (Å²) in [6.45, 7) is 4.13. The lowest BCUT2D eigenvalue weighted by Gasteiger charge is -2.23. The lowest BCUT2D eigenvalue weighted by atomic mass is 10.1. The number of anilines is 2. The van der Waals surface area contributed by atoms with Gasteiger partial charge in [-0.25, -0.2) is 0 Å². The molecule has 1 atom stereocenters. The summed E-state index contributed by atoms with van der Waals surface area (Å²) in [7, 11) is 0. The predicted molar refractivity (Wildman–Crippen MR) is 86.1 cm³/mol. The van der Waals surface area contributed by atoms with E-state index in [0.29, 0.717) is 0 Å². The molecular formula is C18H20N2O. The van der Waals surface area contributed by atoms with E-state index in [2.05, 4.69) is 42.2 Å². The van der Waals surface area contributed by atoms with Gasteiger partial charge in [-0.05, 0) is 42.7 Å². The van der Waals surface area contributed by atoms with Crippen LogP contribution in [0.15, 0.2) is 36.4 Å². The zero-order valence-electron chi connectivity index (χ0n) is 12.3. The molecule has 2 aliphatic rings. The Bertz CT molecular complexity index is 696. The first kappa shape index (κ1) is 12.6. The predicted octanol–water partition coefficient (Wildman–Crippen LogP) is 2.94. The highest BCUT2D eigenvalue weighted by Gasteiger charge is 2.28. The van der Waals surface area contributed by atoms with E-state index in [9.17, 15) is 0 Å². The number of benzene rings is 2. The molecule has 0 amide bonds. The van der Waals surface area contributed by atoms with Crippen LogP contribution in [-0.4, -0.2) is 19.2 Å². The average molecular weight is 280 g/mol. The van der Waals surface area contributed by atoms with E-state index in [-0.39, 0.29) is 6.10 Å². The molecule has 1 unspecified atom stereocenters. The topological polar surface area (TPSA) is 38.5 Å². The van der Waals surface area contributed by atoms with Crippen molar-refractivity contribution in [3.8, 4) is 5.75 Å². The fourth-order valence-electron chi connectivity index (χ4n) is 3.45. The number of nitrogen functional groups attached to an aromatic ring is 1. The third kappa shape index (κ3) is 2.23. The largest absolute Gasteiger partial charge is 0.488 e. The average Bonchev–Trinajstić information content (AvgIpc) is 3.02. The minimum atomic E-state index is 0.245. The fourth-order valence-corrected chi connectivity index (χ4v) is 3.45. The second-order valence-electron chi connectivity index (χ2n) is 6.14. The highest BCUT2D eigenvalue weighted by molar-refractivity contribution is 5.64. The van der Waals surface area contributed by atoms with Crippen molar-refractivity contribution in [3.05, 3.63) is 53.1 Å². The summed E-state index contributed by atoms with van der Waals surface area (Å²) >= 11 is 0. The molecule has 2 N–H and O–H groups in total. The maximum Gasteiger partial charge on any atom is 0.123 e. The lowest BCUT2D eigenvalue weighted by molar-refractivity contribution is 0.238. The van der Waals surface area contributed by atoms with Gasteiger partial charge in [-0.15, -0.1) is 0 Å². The van der Waals surface area contributed by atoms with Crippen LogP contribution in [0.25, 0.3) is 0 Å². The molecule has 0 aliphatic carbocycles. The van der Waals surface area contributed by atoms with Gasteiger partial charge < -0.3 is 15.4 Å². The van der Waals surface area contributed by atoms with Crippen LogP contribution in [0.5, 0.6) is 5.75 Å². The van der Waals surface area contributed by atoms with Crippen molar-refractivity contribution < 1.29 is 4.74 Å². The number of nitrogens with zero attached hydrogens (tertiary/aromatic N) is 1. The Morgan fingerprint density at radius 3 is 3.00 bits per heavy atom. The van der Waals surface area contributed by atoms with E-state index in [0.717, 1.165) is 37.4 Å². The van der Waals surface area contributed by atoms with Gasteiger partial charge in [0.05, 0.1) is 6.54 Å². The molecule has 21 heavy (non-hydrogen) atoms. The maximum atomic E-state index is 6.10. The molecular weight excluding hydrogens is 260 g/mol. The Labute approximate surface area is 125 Å². The fraction of sp³-hybridized carbons (Fsp3) is 0.333. The SMILES string of the molecule is Cc1ccc2c(c1)CC(CN1CCc3ccc(N)cc31)O2. The van der Waals surface area contributed by atoms with E-state index in [1.165, 1.54) is 22.4 Å². The van der Waals surface area contributed by atoms with Gasteiger partial charge in [0.25, 0.3) is 0 Å². The number of aryl methyl sites for hydroxylation is 1. The summed E-state index contributed by atoms with van der Waals surface area (Å²) in [5, 5.41) is 0. The van der Waals surface area contributed by atoms with Crippen LogP contribution in [0.4, 0.5) is 11.4 Å². The summed E-state index contributed by atoms with van der Waals surface area (Å²) in [5.74, 6) is 1.05. The second-order valence-corrected chi connectivity index (χ2v) is 6.14. The molecule has 0 saturated carbocycles. The lowest BCUT2D eigenvalue weighted by Crippen LogP contribution is -2.33. The minimum absolute atomic E-state index is 0.245. The monoisotopic (exact) mass is 280 g/mol. The molecule has 108 valence electrons. The molecule has 3 heteroatoms. The summed E-state index contributed by atoms with van der Waals surface area (Å²) in [4.78, 5) is 2.41. The van der Waals surface area contributed by atoms with E-state index in [4.69, 9.17) is 10.5 Å². The molecule has 0 radical (unpaired) electrons. The van der Waals surface area contributed by atoms with Gasteiger partial charge in [0.2, 0.25) is 0 Å². The third-order valence-corrected chi connectivity index (χ3v) is 4.48. The van der Waals surface area contributed by atoms with Gasteiger partial charge in [-0.2, -0.15) is 0 Å². The van der Waals surface area contributed by atoms with Crippen molar-refractivity contribution in [2.45, 2.75) is 25.9 Å². The standard InChI is InChI=1S/C18H20N2O/c1-12-2-5-18-14(8-12)9-16(21-18)11-20-7-6-13-3-4-15(19)10-17(13)20/h2-5,8,10,16H,6-7,9,11,19H2,1H3. The van der Waals surface area contributed by atoms with Gasteiger partial charge in [0, 0.05) is 24.3 Å². The number of ether oxygens (including phenoxy) is 1. The van der Waals surface area contributed by atoms with Crippen LogP contribution in [0.2, 0.25) is 0 Å². The molecule has 2 aromatic rings. The number of hydrogen-bond donors (Lipinski definition) is 1. The molecule has 3 nitrogen and oxygen atoms in total. The van der Waals surface area contributed by atoms with Crippen LogP contribution >= 0.6 is 0 Å². The third-order valence-electron chi connectivity index (χ3n) is 4.48. The van der Waals surface area contributed by atoms with Crippen LogP contribution < -0.4 is 15.4 Å². The van der Waals surface area contributed by atoms with Crippen molar-refractivity contribution in [1.29, 1.82) is 0 Å². The highest BCUT2D eigenvalue weighted by atomic mass is 16.5. The molecule has 4 rings (SSSR count). The van der Waals surface area contributed by atoms with Gasteiger partial charge in [-0.1, -0.05) is 23.8 Å². The smallest absolute Gasteiger partial charge is 0.123 e. The van der Waals surface area contributed by atoms with Crippen molar-refractivity contribution in [1.82, 2.24) is 0 Å². The van der Waals surface area contributed by atoms with Crippen molar-refractivity contribution in [3.63, 3.8) is 0 Å². The Balaban J connectivity index is 1.51. The first-order chi connectivity index (χ1) is 10.2. The Morgan fingerprint density at radius 1 is 1.19 bits per heavy atom. The summed E-state index contributed by atoms with van der Waals surface area (Å²) < 4.78 is 6.10. The van der Waals surface area contributed by atoms with Crippen molar-refractivity contribution in [2.75, 3.05) is 23.7 Å². The number of fused-ring (bicyclic) bond motifs is 2. The van der Waals surface area contributed by atoms with Gasteiger partial charge >= 0.3 is 0 Å². The molecule has 0 fully saturated rings. The minimum Gasteiger partial charge on any atom is -0.488 e. The number of rotatable bonds is 2.